The third kappa shape index (κ3) is 2.60. The number of phenolic OH excluding ortho intramolecular Hbond substituents is 1. The van der Waals surface area contributed by atoms with Crippen molar-refractivity contribution in [1.29, 1.82) is 0 Å². The van der Waals surface area contributed by atoms with Crippen LogP contribution in [0, 0.1) is 0 Å². The lowest BCUT2D eigenvalue weighted by atomic mass is 10.1. The number of hydrogen-bond acceptors (Lipinski definition) is 4. The molecule has 0 radical (unpaired) electrons. The van der Waals surface area contributed by atoms with Crippen LogP contribution in [-0.4, -0.2) is 29.4 Å². The standard InChI is InChI=1S/C9H9NO5/c1-15-9(14)10-7-3-2-5(11)4-6(7)8(12)13/h2-4,11H,1H3,(H,10,14)(H,12,13). The molecule has 3 N–H and O–H groups in total. The number of carbonyl (C=O) groups excluding carboxylic acids is 1. The van der Waals surface area contributed by atoms with E-state index in [-0.39, 0.29) is 17.0 Å². The minimum Gasteiger partial charge on any atom is -0.508 e. The first-order valence-electron chi connectivity index (χ1n) is 3.96. The van der Waals surface area contributed by atoms with E-state index in [0.29, 0.717) is 0 Å². The molecule has 1 aromatic rings. The molecule has 6 heteroatoms. The molecule has 1 amide bonds. The fourth-order valence-corrected chi connectivity index (χ4v) is 0.979. The first-order chi connectivity index (χ1) is 7.04. The van der Waals surface area contributed by atoms with Gasteiger partial charge in [-0.25, -0.2) is 9.59 Å². The third-order valence-electron chi connectivity index (χ3n) is 1.66. The van der Waals surface area contributed by atoms with Gasteiger partial charge in [0.2, 0.25) is 0 Å². The van der Waals surface area contributed by atoms with Gasteiger partial charge in [0.05, 0.1) is 18.4 Å². The van der Waals surface area contributed by atoms with E-state index in [9.17, 15) is 9.59 Å². The van der Waals surface area contributed by atoms with Crippen LogP contribution in [0.25, 0.3) is 0 Å². The fourth-order valence-electron chi connectivity index (χ4n) is 0.979. The van der Waals surface area contributed by atoms with Gasteiger partial charge in [-0.2, -0.15) is 0 Å². The highest BCUT2D eigenvalue weighted by atomic mass is 16.5. The summed E-state index contributed by atoms with van der Waals surface area (Å²) >= 11 is 0. The lowest BCUT2D eigenvalue weighted by Crippen LogP contribution is -2.14. The van der Waals surface area contributed by atoms with Crippen LogP contribution in [0.5, 0.6) is 5.75 Å². The fraction of sp³-hybridized carbons (Fsp3) is 0.111. The van der Waals surface area contributed by atoms with Gasteiger partial charge in [0.25, 0.3) is 0 Å². The molecule has 1 rings (SSSR count). The Bertz CT molecular complexity index is 401. The molecule has 0 aliphatic carbocycles. The van der Waals surface area contributed by atoms with E-state index in [2.05, 4.69) is 10.1 Å². The van der Waals surface area contributed by atoms with Gasteiger partial charge < -0.3 is 14.9 Å². The lowest BCUT2D eigenvalue weighted by Gasteiger charge is -2.07. The number of carbonyl (C=O) groups is 2. The number of nitrogens with one attached hydrogen (secondary N) is 1. The number of methoxy groups -OCH3 is 1. The Morgan fingerprint density at radius 3 is 2.60 bits per heavy atom. The van der Waals surface area contributed by atoms with Crippen molar-refractivity contribution in [1.82, 2.24) is 0 Å². The van der Waals surface area contributed by atoms with Crippen molar-refractivity contribution in [3.63, 3.8) is 0 Å². The zero-order chi connectivity index (χ0) is 11.4. The monoisotopic (exact) mass is 211 g/mol. The van der Waals surface area contributed by atoms with Crippen molar-refractivity contribution < 1.29 is 24.5 Å². The summed E-state index contributed by atoms with van der Waals surface area (Å²) < 4.78 is 4.31. The van der Waals surface area contributed by atoms with Crippen molar-refractivity contribution in [2.45, 2.75) is 0 Å². The van der Waals surface area contributed by atoms with Crippen LogP contribution in [0.4, 0.5) is 10.5 Å². The number of carboxylic acids is 1. The van der Waals surface area contributed by atoms with Crippen LogP contribution < -0.4 is 5.32 Å². The smallest absolute Gasteiger partial charge is 0.411 e. The van der Waals surface area contributed by atoms with Gasteiger partial charge in [-0.15, -0.1) is 0 Å². The highest BCUT2D eigenvalue weighted by Gasteiger charge is 2.13. The molecule has 1 aromatic carbocycles. The summed E-state index contributed by atoms with van der Waals surface area (Å²) in [5.74, 6) is -1.44. The van der Waals surface area contributed by atoms with Crippen molar-refractivity contribution in [3.8, 4) is 5.75 Å². The quantitative estimate of drug-likeness (QED) is 0.640. The van der Waals surface area contributed by atoms with Crippen LogP contribution in [0.2, 0.25) is 0 Å². The highest BCUT2D eigenvalue weighted by molar-refractivity contribution is 5.99. The maximum absolute atomic E-state index is 10.9. The maximum Gasteiger partial charge on any atom is 0.411 e. The molecule has 6 nitrogen and oxygen atoms in total. The summed E-state index contributed by atoms with van der Waals surface area (Å²) in [5.41, 5.74) is -0.146. The topological polar surface area (TPSA) is 95.9 Å². The zero-order valence-electron chi connectivity index (χ0n) is 7.85. The Balaban J connectivity index is 3.06. The third-order valence-corrected chi connectivity index (χ3v) is 1.66. The predicted molar refractivity (Wildman–Crippen MR) is 51.1 cm³/mol. The molecule has 0 unspecified atom stereocenters. The van der Waals surface area contributed by atoms with Crippen LogP contribution in [-0.2, 0) is 4.74 Å². The Morgan fingerprint density at radius 2 is 2.07 bits per heavy atom. The normalized spacial score (nSPS) is 9.40. The van der Waals surface area contributed by atoms with Gasteiger partial charge in [-0.1, -0.05) is 0 Å². The summed E-state index contributed by atoms with van der Waals surface area (Å²) in [6.07, 6.45) is -0.775. The average molecular weight is 211 g/mol. The first-order valence-corrected chi connectivity index (χ1v) is 3.96. The Labute approximate surface area is 85.1 Å². The molecule has 0 aromatic heterocycles. The van der Waals surface area contributed by atoms with Crippen LogP contribution in [0.3, 0.4) is 0 Å². The number of ether oxygens (including phenoxy) is 1. The van der Waals surface area contributed by atoms with E-state index in [1.165, 1.54) is 12.1 Å². The van der Waals surface area contributed by atoms with Crippen molar-refractivity contribution in [2.24, 2.45) is 0 Å². The summed E-state index contributed by atoms with van der Waals surface area (Å²) in [5, 5.41) is 20.1. The number of benzene rings is 1. The molecule has 0 atom stereocenters. The number of rotatable bonds is 2. The van der Waals surface area contributed by atoms with Crippen LogP contribution in [0.15, 0.2) is 18.2 Å². The number of carboxylic acid groups (broad SMARTS) is 1. The molecular formula is C9H9NO5. The number of aromatic hydroxyl groups is 1. The van der Waals surface area contributed by atoms with Crippen LogP contribution in [0.1, 0.15) is 10.4 Å². The van der Waals surface area contributed by atoms with E-state index >= 15 is 0 Å². The molecule has 0 heterocycles. The van der Waals surface area contributed by atoms with Gasteiger partial charge in [0.15, 0.2) is 0 Å². The first kappa shape index (κ1) is 10.8. The largest absolute Gasteiger partial charge is 0.508 e. The summed E-state index contributed by atoms with van der Waals surface area (Å²) in [7, 11) is 1.16. The Hall–Kier alpha value is -2.24. The summed E-state index contributed by atoms with van der Waals surface area (Å²) in [6, 6.07) is 3.57. The highest BCUT2D eigenvalue weighted by Crippen LogP contribution is 2.21. The van der Waals surface area contributed by atoms with E-state index in [4.69, 9.17) is 10.2 Å². The summed E-state index contributed by atoms with van der Waals surface area (Å²) in [4.78, 5) is 21.6. The second-order valence-corrected chi connectivity index (χ2v) is 2.65. The van der Waals surface area contributed by atoms with Gasteiger partial charge in [0.1, 0.15) is 5.75 Å². The molecule has 0 aliphatic rings. The molecule has 0 fully saturated rings. The number of amides is 1. The second-order valence-electron chi connectivity index (χ2n) is 2.65. The van der Waals surface area contributed by atoms with E-state index in [0.717, 1.165) is 13.2 Å². The Kier molecular flexibility index (Phi) is 3.12. The van der Waals surface area contributed by atoms with E-state index in [1.807, 2.05) is 0 Å². The molecule has 80 valence electrons. The predicted octanol–water partition coefficient (Wildman–Crippen LogP) is 1.27. The van der Waals surface area contributed by atoms with Gasteiger partial charge >= 0.3 is 12.1 Å². The number of anilines is 1. The number of phenols is 1. The van der Waals surface area contributed by atoms with Crippen LogP contribution >= 0.6 is 0 Å². The molecule has 15 heavy (non-hydrogen) atoms. The average Bonchev–Trinajstić information content (AvgIpc) is 2.20. The number of hydrogen-bond donors (Lipinski definition) is 3. The van der Waals surface area contributed by atoms with Gasteiger partial charge in [-0.3, -0.25) is 5.32 Å². The maximum atomic E-state index is 10.9. The molecule has 0 spiro atoms. The van der Waals surface area contributed by atoms with Crippen molar-refractivity contribution in [3.05, 3.63) is 23.8 Å². The molecule has 0 bridgehead atoms. The summed E-state index contributed by atoms with van der Waals surface area (Å²) in [6.45, 7) is 0. The minimum atomic E-state index is -1.25. The van der Waals surface area contributed by atoms with Crippen molar-refractivity contribution >= 4 is 17.7 Å². The number of aromatic carboxylic acids is 1. The molecule has 0 saturated heterocycles. The van der Waals surface area contributed by atoms with Gasteiger partial charge in [0, 0.05) is 0 Å². The van der Waals surface area contributed by atoms with Crippen molar-refractivity contribution in [2.75, 3.05) is 12.4 Å². The van der Waals surface area contributed by atoms with E-state index in [1.54, 1.807) is 0 Å². The minimum absolute atomic E-state index is 0.0622. The Morgan fingerprint density at radius 1 is 1.40 bits per heavy atom. The molecule has 0 saturated carbocycles. The molecular weight excluding hydrogens is 202 g/mol. The SMILES string of the molecule is COC(=O)Nc1ccc(O)cc1C(=O)O. The van der Waals surface area contributed by atoms with Gasteiger partial charge in [-0.05, 0) is 18.2 Å². The second kappa shape index (κ2) is 4.32. The van der Waals surface area contributed by atoms with E-state index < -0.39 is 12.1 Å². The lowest BCUT2D eigenvalue weighted by molar-refractivity contribution is 0.0697. The molecule has 0 aliphatic heterocycles. The zero-order valence-corrected chi connectivity index (χ0v) is 7.85.